The van der Waals surface area contributed by atoms with E-state index in [0.717, 1.165) is 0 Å². The Balaban J connectivity index is 1.33. The third-order valence-corrected chi connectivity index (χ3v) is 7.69. The van der Waals surface area contributed by atoms with Gasteiger partial charge in [-0.2, -0.15) is 0 Å². The van der Waals surface area contributed by atoms with Crippen LogP contribution in [0.15, 0.2) is 73.8 Å². The van der Waals surface area contributed by atoms with Crippen LogP contribution in [0, 0.1) is 13.8 Å². The Morgan fingerprint density at radius 1 is 0.800 bits per heavy atom. The number of hydrogen-bond donors (Lipinski definition) is 6. The van der Waals surface area contributed by atoms with Gasteiger partial charge in [-0.1, -0.05) is 12.2 Å². The Morgan fingerprint density at radius 3 is 1.89 bits per heavy atom. The van der Waals surface area contributed by atoms with Gasteiger partial charge in [0.2, 0.25) is 0 Å². The molecule has 0 amide bonds. The number of aliphatic hydroxyl groups excluding tert-OH is 1. The second kappa shape index (κ2) is 11.2. The van der Waals surface area contributed by atoms with E-state index in [9.17, 15) is 24.0 Å². The monoisotopic (exact) mass is 610 g/mol. The first-order valence-electron chi connectivity index (χ1n) is 13.7. The van der Waals surface area contributed by atoms with Gasteiger partial charge in [0.05, 0.1) is 27.7 Å². The molecule has 0 atom stereocenters. The third-order valence-electron chi connectivity index (χ3n) is 7.69. The Bertz CT molecular complexity index is 2380. The summed E-state index contributed by atoms with van der Waals surface area (Å²) < 4.78 is 7.53. The number of carboxylic acids is 1. The number of aromatic amines is 4. The van der Waals surface area contributed by atoms with Gasteiger partial charge in [0.15, 0.2) is 6.79 Å². The maximum Gasteiger partial charge on any atom is 0.335 e. The third kappa shape index (κ3) is 4.98. The summed E-state index contributed by atoms with van der Waals surface area (Å²) in [6, 6.07) is 12.1. The molecule has 45 heavy (non-hydrogen) atoms. The molecule has 2 aromatic carbocycles. The number of carbonyl (C=O) groups is 1. The molecule has 6 aromatic rings. The molecule has 228 valence electrons. The molecule has 0 saturated carbocycles. The van der Waals surface area contributed by atoms with Crippen molar-refractivity contribution in [2.24, 2.45) is 0 Å². The van der Waals surface area contributed by atoms with E-state index in [1.54, 1.807) is 44.2 Å². The van der Waals surface area contributed by atoms with Crippen LogP contribution in [-0.4, -0.2) is 52.5 Å². The molecule has 14 nitrogen and oxygen atoms in total. The van der Waals surface area contributed by atoms with Crippen molar-refractivity contribution < 1.29 is 19.7 Å². The molecule has 0 aliphatic rings. The van der Waals surface area contributed by atoms with Gasteiger partial charge >= 0.3 is 5.97 Å². The molecule has 4 aromatic heterocycles. The van der Waals surface area contributed by atoms with Crippen molar-refractivity contribution in [1.29, 1.82) is 0 Å². The minimum Gasteiger partial charge on any atom is -0.478 e. The van der Waals surface area contributed by atoms with Crippen LogP contribution in [0.25, 0.3) is 39.5 Å². The maximum absolute atomic E-state index is 13.3. The minimum absolute atomic E-state index is 0.0668. The first-order chi connectivity index (χ1) is 21.6. The second-order valence-corrected chi connectivity index (χ2v) is 10.3. The molecule has 0 saturated heterocycles. The molecule has 0 unspecified atom stereocenters. The molecule has 0 bridgehead atoms. The van der Waals surface area contributed by atoms with E-state index in [-0.39, 0.29) is 45.2 Å². The fourth-order valence-electron chi connectivity index (χ4n) is 5.37. The number of ether oxygens (including phenoxy) is 1. The highest BCUT2D eigenvalue weighted by molar-refractivity contribution is 5.88. The number of hydrogen-bond acceptors (Lipinski definition) is 7. The number of rotatable bonds is 8. The van der Waals surface area contributed by atoms with Crippen molar-refractivity contribution in [2.45, 2.75) is 20.3 Å². The van der Waals surface area contributed by atoms with Crippen molar-refractivity contribution in [1.82, 2.24) is 29.5 Å². The Labute approximate surface area is 251 Å². The van der Waals surface area contributed by atoms with Crippen LogP contribution >= 0.6 is 0 Å². The normalized spacial score (nSPS) is 11.6. The van der Waals surface area contributed by atoms with Gasteiger partial charge in [0.1, 0.15) is 17.0 Å². The van der Waals surface area contributed by atoms with Gasteiger partial charge < -0.3 is 24.9 Å². The summed E-state index contributed by atoms with van der Waals surface area (Å²) in [5.41, 5.74) is 1.17. The van der Waals surface area contributed by atoms with E-state index in [4.69, 9.17) is 14.9 Å². The summed E-state index contributed by atoms with van der Waals surface area (Å²) >= 11 is 0. The van der Waals surface area contributed by atoms with Crippen LogP contribution in [0.5, 0.6) is 5.75 Å². The highest BCUT2D eigenvalue weighted by Crippen LogP contribution is 2.19. The van der Waals surface area contributed by atoms with Crippen LogP contribution < -0.4 is 27.0 Å². The molecule has 14 heteroatoms. The first kappa shape index (κ1) is 28.9. The summed E-state index contributed by atoms with van der Waals surface area (Å²) in [5.74, 6) is -0.673. The summed E-state index contributed by atoms with van der Waals surface area (Å²) in [4.78, 5) is 69.2. The van der Waals surface area contributed by atoms with Crippen molar-refractivity contribution in [2.75, 3.05) is 6.79 Å². The van der Waals surface area contributed by atoms with Gasteiger partial charge in [-0.25, -0.2) is 14.2 Å². The van der Waals surface area contributed by atoms with Crippen LogP contribution in [0.4, 0.5) is 0 Å². The predicted molar refractivity (Wildman–Crippen MR) is 166 cm³/mol. The van der Waals surface area contributed by atoms with Crippen LogP contribution in [-0.2, 0) is 6.42 Å². The maximum atomic E-state index is 13.3. The van der Waals surface area contributed by atoms with E-state index >= 15 is 0 Å². The first-order valence-corrected chi connectivity index (χ1v) is 13.7. The molecule has 0 fully saturated rings. The number of pyridine rings is 2. The molecule has 0 aliphatic heterocycles. The lowest BCUT2D eigenvalue weighted by atomic mass is 10.0. The second-order valence-electron chi connectivity index (χ2n) is 10.3. The fourth-order valence-corrected chi connectivity index (χ4v) is 5.37. The molecular weight excluding hydrogens is 584 g/mol. The van der Waals surface area contributed by atoms with Gasteiger partial charge in [-0.15, -0.1) is 0 Å². The average molecular weight is 611 g/mol. The molecule has 0 aliphatic carbocycles. The number of benzene rings is 2. The number of allylic oxidation sites excluding steroid dienone is 1. The number of fused-ring (bicyclic) bond motifs is 2. The number of carboxylic acid groups (broad SMARTS) is 1. The predicted octanol–water partition coefficient (Wildman–Crippen LogP) is 2.23. The van der Waals surface area contributed by atoms with Gasteiger partial charge in [-0.3, -0.25) is 29.4 Å². The van der Waals surface area contributed by atoms with E-state index in [0.29, 0.717) is 33.8 Å². The molecule has 0 radical (unpaired) electrons. The largest absolute Gasteiger partial charge is 0.478 e. The van der Waals surface area contributed by atoms with Crippen LogP contribution in [0.2, 0.25) is 0 Å². The van der Waals surface area contributed by atoms with Crippen molar-refractivity contribution in [3.05, 3.63) is 124 Å². The summed E-state index contributed by atoms with van der Waals surface area (Å²) in [6.45, 7) is 2.83. The number of nitrogens with one attached hydrogen (secondary N) is 4. The number of nitrogens with zero attached hydrogens (tertiary/aromatic N) is 2. The number of aryl methyl sites for hydroxylation is 2. The van der Waals surface area contributed by atoms with Crippen molar-refractivity contribution >= 4 is 34.1 Å². The van der Waals surface area contributed by atoms with Gasteiger partial charge in [0, 0.05) is 11.1 Å². The van der Waals surface area contributed by atoms with E-state index in [2.05, 4.69) is 20.2 Å². The Kier molecular flexibility index (Phi) is 7.18. The minimum atomic E-state index is -1.09. The zero-order valence-electron chi connectivity index (χ0n) is 23.9. The molecule has 0 spiro atoms. The molecular formula is C31H26N6O8. The van der Waals surface area contributed by atoms with Crippen LogP contribution in [0.1, 0.15) is 32.6 Å². The summed E-state index contributed by atoms with van der Waals surface area (Å²) in [7, 11) is 0. The quantitative estimate of drug-likeness (QED) is 0.141. The standard InChI is InChI=1S/C31H26N6O8/c1-15-21(27(39)32-25-23(15)29(41)36(34-25)18-8-6-17(7-9-18)31(43)44)4-3-5-22-16(2)24-26(33-28(22)40)35-37(30(24)42)19-10-12-20(13-11-19)45-14-38/h3,5-13,38H,4,14H2,1-2H3,(H,43,44)(H2,32,34,39)(H2,33,35,40). The number of H-pyrrole nitrogens is 4. The Hall–Kier alpha value is -6.15. The van der Waals surface area contributed by atoms with Crippen LogP contribution in [0.3, 0.4) is 0 Å². The zero-order chi connectivity index (χ0) is 32.0. The Morgan fingerprint density at radius 2 is 1.33 bits per heavy atom. The topological polar surface area (TPSA) is 208 Å². The SMILES string of the molecule is Cc1c(C=CCc2c(C)c3c(=O)n(-c4ccc(C(=O)O)cc4)[nH]c3[nH]c2=O)c(=O)[nH]c2[nH]n(-c3ccc(OCO)cc3)c(=O)c12. The van der Waals surface area contributed by atoms with E-state index in [1.165, 1.54) is 39.7 Å². The van der Waals surface area contributed by atoms with Crippen molar-refractivity contribution in [3.8, 4) is 17.1 Å². The number of aliphatic hydroxyl groups is 1. The van der Waals surface area contributed by atoms with Gasteiger partial charge in [-0.05, 0) is 79.9 Å². The molecule has 4 heterocycles. The molecule has 6 rings (SSSR count). The lowest BCUT2D eigenvalue weighted by Crippen LogP contribution is -2.18. The number of aromatic nitrogens is 6. The zero-order valence-corrected chi connectivity index (χ0v) is 23.9. The highest BCUT2D eigenvalue weighted by atomic mass is 16.6. The molecule has 6 N–H and O–H groups in total. The van der Waals surface area contributed by atoms with Gasteiger partial charge in [0.25, 0.3) is 22.2 Å². The average Bonchev–Trinajstić information content (AvgIpc) is 3.52. The smallest absolute Gasteiger partial charge is 0.335 e. The summed E-state index contributed by atoms with van der Waals surface area (Å²) in [5, 5.41) is 24.4. The highest BCUT2D eigenvalue weighted by Gasteiger charge is 2.18. The van der Waals surface area contributed by atoms with E-state index in [1.807, 2.05) is 0 Å². The fraction of sp³-hybridized carbons (Fsp3) is 0.129. The number of aromatic carboxylic acids is 1. The summed E-state index contributed by atoms with van der Waals surface area (Å²) in [6.07, 6.45) is 3.24. The van der Waals surface area contributed by atoms with Crippen molar-refractivity contribution in [3.63, 3.8) is 0 Å². The lowest BCUT2D eigenvalue weighted by Gasteiger charge is -2.04. The van der Waals surface area contributed by atoms with E-state index < -0.39 is 29.4 Å². The lowest BCUT2D eigenvalue weighted by molar-refractivity contribution is 0.0696.